The summed E-state index contributed by atoms with van der Waals surface area (Å²) in [4.78, 5) is 10.3. The monoisotopic (exact) mass is 180 g/mol. The predicted octanol–water partition coefficient (Wildman–Crippen LogP) is 0.967. The van der Waals surface area contributed by atoms with Crippen molar-refractivity contribution in [3.63, 3.8) is 0 Å². The molecule has 12 heavy (non-hydrogen) atoms. The molecule has 0 saturated heterocycles. The molecule has 6 heteroatoms. The molecule has 0 spiro atoms. The van der Waals surface area contributed by atoms with Crippen LogP contribution in [0.25, 0.3) is 0 Å². The molecule has 1 atom stereocenters. The van der Waals surface area contributed by atoms with Crippen LogP contribution in [0.4, 0.5) is 13.2 Å². The highest BCUT2D eigenvalue weighted by molar-refractivity contribution is 5.73. The standard InChI is InChI=1S/C6H7F3N2O/c1-4(12)11-5(2-3-10)6(7,8)9/h5H,2H2,1H3,(H,11,12). The summed E-state index contributed by atoms with van der Waals surface area (Å²) in [6.07, 6.45) is -5.32. The molecular formula is C6H7F3N2O. The quantitative estimate of drug-likeness (QED) is 0.688. The summed E-state index contributed by atoms with van der Waals surface area (Å²) < 4.78 is 35.7. The molecule has 1 amide bonds. The SMILES string of the molecule is CC(=O)NC(CC#N)C(F)(F)F. The van der Waals surface area contributed by atoms with Crippen LogP contribution in [0.3, 0.4) is 0 Å². The third-order valence-electron chi connectivity index (χ3n) is 1.07. The lowest BCUT2D eigenvalue weighted by molar-refractivity contribution is -0.160. The Bertz CT molecular complexity index is 206. The molecule has 0 aromatic heterocycles. The first-order chi connectivity index (χ1) is 5.38. The minimum atomic E-state index is -4.55. The van der Waals surface area contributed by atoms with E-state index in [2.05, 4.69) is 0 Å². The van der Waals surface area contributed by atoms with Crippen LogP contribution in [-0.4, -0.2) is 18.1 Å². The number of carbonyl (C=O) groups excluding carboxylic acids is 1. The van der Waals surface area contributed by atoms with Crippen LogP contribution in [0.5, 0.6) is 0 Å². The van der Waals surface area contributed by atoms with E-state index in [1.807, 2.05) is 0 Å². The molecule has 1 unspecified atom stereocenters. The van der Waals surface area contributed by atoms with Gasteiger partial charge in [-0.1, -0.05) is 0 Å². The van der Waals surface area contributed by atoms with Gasteiger partial charge in [-0.25, -0.2) is 0 Å². The highest BCUT2D eigenvalue weighted by Gasteiger charge is 2.39. The number of halogens is 3. The zero-order chi connectivity index (χ0) is 9.78. The average Bonchev–Trinajstić information content (AvgIpc) is 1.83. The van der Waals surface area contributed by atoms with E-state index < -0.39 is 24.5 Å². The Morgan fingerprint density at radius 1 is 1.67 bits per heavy atom. The van der Waals surface area contributed by atoms with E-state index in [9.17, 15) is 18.0 Å². The number of nitrogens with one attached hydrogen (secondary N) is 1. The van der Waals surface area contributed by atoms with Crippen LogP contribution < -0.4 is 5.32 Å². The zero-order valence-corrected chi connectivity index (χ0v) is 6.27. The highest BCUT2D eigenvalue weighted by atomic mass is 19.4. The summed E-state index contributed by atoms with van der Waals surface area (Å²) in [5, 5.41) is 9.65. The lowest BCUT2D eigenvalue weighted by Gasteiger charge is -2.17. The number of hydrogen-bond donors (Lipinski definition) is 1. The van der Waals surface area contributed by atoms with Gasteiger partial charge in [0.15, 0.2) is 0 Å². The van der Waals surface area contributed by atoms with E-state index in [1.54, 1.807) is 5.32 Å². The molecule has 0 heterocycles. The number of nitrogens with zero attached hydrogens (tertiary/aromatic N) is 1. The number of hydrogen-bond acceptors (Lipinski definition) is 2. The first-order valence-electron chi connectivity index (χ1n) is 3.08. The second-order valence-corrected chi connectivity index (χ2v) is 2.16. The molecule has 0 aliphatic rings. The Morgan fingerprint density at radius 3 is 2.42 bits per heavy atom. The molecule has 0 aliphatic carbocycles. The van der Waals surface area contributed by atoms with Crippen molar-refractivity contribution in [3.05, 3.63) is 0 Å². The molecule has 0 saturated carbocycles. The van der Waals surface area contributed by atoms with Gasteiger partial charge in [0.2, 0.25) is 5.91 Å². The maximum Gasteiger partial charge on any atom is 0.409 e. The first-order valence-corrected chi connectivity index (χ1v) is 3.08. The van der Waals surface area contributed by atoms with Crippen LogP contribution in [0, 0.1) is 11.3 Å². The van der Waals surface area contributed by atoms with Crippen LogP contribution in [0.15, 0.2) is 0 Å². The van der Waals surface area contributed by atoms with Gasteiger partial charge in [-0.2, -0.15) is 18.4 Å². The molecule has 0 aromatic carbocycles. The van der Waals surface area contributed by atoms with Gasteiger partial charge in [-0.15, -0.1) is 0 Å². The van der Waals surface area contributed by atoms with Gasteiger partial charge in [0.25, 0.3) is 0 Å². The minimum Gasteiger partial charge on any atom is -0.344 e. The van der Waals surface area contributed by atoms with Crippen LogP contribution in [0.1, 0.15) is 13.3 Å². The number of carbonyl (C=O) groups is 1. The topological polar surface area (TPSA) is 52.9 Å². The molecule has 0 aromatic rings. The smallest absolute Gasteiger partial charge is 0.344 e. The summed E-state index contributed by atoms with van der Waals surface area (Å²) in [5.41, 5.74) is 0. The van der Waals surface area contributed by atoms with Gasteiger partial charge in [-0.05, 0) is 0 Å². The molecule has 3 nitrogen and oxygen atoms in total. The van der Waals surface area contributed by atoms with Gasteiger partial charge in [0.05, 0.1) is 12.5 Å². The van der Waals surface area contributed by atoms with Gasteiger partial charge in [-0.3, -0.25) is 4.79 Å². The molecule has 0 radical (unpaired) electrons. The summed E-state index contributed by atoms with van der Waals surface area (Å²) in [6, 6.07) is -0.711. The van der Waals surface area contributed by atoms with Crippen molar-refractivity contribution < 1.29 is 18.0 Å². The Balaban J connectivity index is 4.25. The van der Waals surface area contributed by atoms with E-state index in [4.69, 9.17) is 5.26 Å². The summed E-state index contributed by atoms with van der Waals surface area (Å²) >= 11 is 0. The molecule has 1 N–H and O–H groups in total. The van der Waals surface area contributed by atoms with Crippen LogP contribution in [0.2, 0.25) is 0 Å². The summed E-state index contributed by atoms with van der Waals surface area (Å²) in [6.45, 7) is 0.968. The van der Waals surface area contributed by atoms with Crippen LogP contribution in [-0.2, 0) is 4.79 Å². The van der Waals surface area contributed by atoms with Crippen molar-refractivity contribution in [3.8, 4) is 6.07 Å². The second kappa shape index (κ2) is 3.95. The number of alkyl halides is 3. The van der Waals surface area contributed by atoms with E-state index in [-0.39, 0.29) is 0 Å². The summed E-state index contributed by atoms with van der Waals surface area (Å²) in [5.74, 6) is -0.799. The maximum atomic E-state index is 11.9. The van der Waals surface area contributed by atoms with Gasteiger partial charge >= 0.3 is 6.18 Å². The fourth-order valence-electron chi connectivity index (χ4n) is 0.585. The lowest BCUT2D eigenvalue weighted by Crippen LogP contribution is -2.44. The molecule has 0 rings (SSSR count). The lowest BCUT2D eigenvalue weighted by atomic mass is 10.2. The number of amides is 1. The molecule has 68 valence electrons. The van der Waals surface area contributed by atoms with Gasteiger partial charge in [0.1, 0.15) is 6.04 Å². The highest BCUT2D eigenvalue weighted by Crippen LogP contribution is 2.21. The number of nitriles is 1. The van der Waals surface area contributed by atoms with Gasteiger partial charge < -0.3 is 5.32 Å². The fourth-order valence-corrected chi connectivity index (χ4v) is 0.585. The van der Waals surface area contributed by atoms with Gasteiger partial charge in [0, 0.05) is 6.92 Å². The fraction of sp³-hybridized carbons (Fsp3) is 0.667. The van der Waals surface area contributed by atoms with E-state index in [1.165, 1.54) is 6.07 Å². The molecular weight excluding hydrogens is 173 g/mol. The Hall–Kier alpha value is -1.25. The minimum absolute atomic E-state index is 0.761. The largest absolute Gasteiger partial charge is 0.409 e. The third-order valence-corrected chi connectivity index (χ3v) is 1.07. The molecule has 0 fully saturated rings. The Labute approximate surface area is 67.2 Å². The maximum absolute atomic E-state index is 11.9. The summed E-state index contributed by atoms with van der Waals surface area (Å²) in [7, 11) is 0. The normalized spacial score (nSPS) is 13.2. The average molecular weight is 180 g/mol. The number of rotatable bonds is 2. The van der Waals surface area contributed by atoms with E-state index >= 15 is 0 Å². The van der Waals surface area contributed by atoms with Crippen molar-refractivity contribution in [2.24, 2.45) is 0 Å². The first kappa shape index (κ1) is 10.8. The van der Waals surface area contributed by atoms with Crippen molar-refractivity contribution in [1.82, 2.24) is 5.32 Å². The van der Waals surface area contributed by atoms with Crippen molar-refractivity contribution >= 4 is 5.91 Å². The van der Waals surface area contributed by atoms with Crippen LogP contribution >= 0.6 is 0 Å². The van der Waals surface area contributed by atoms with Crippen molar-refractivity contribution in [1.29, 1.82) is 5.26 Å². The zero-order valence-electron chi connectivity index (χ0n) is 6.27. The van der Waals surface area contributed by atoms with E-state index in [0.29, 0.717) is 0 Å². The Kier molecular flexibility index (Phi) is 3.54. The predicted molar refractivity (Wildman–Crippen MR) is 33.9 cm³/mol. The molecule has 0 aliphatic heterocycles. The van der Waals surface area contributed by atoms with Crippen molar-refractivity contribution in [2.45, 2.75) is 25.6 Å². The Morgan fingerprint density at radius 2 is 2.17 bits per heavy atom. The van der Waals surface area contributed by atoms with Crippen molar-refractivity contribution in [2.75, 3.05) is 0 Å². The molecule has 0 bridgehead atoms. The third kappa shape index (κ3) is 3.81. The van der Waals surface area contributed by atoms with E-state index in [0.717, 1.165) is 6.92 Å². The second-order valence-electron chi connectivity index (χ2n) is 2.16.